The lowest BCUT2D eigenvalue weighted by Gasteiger charge is -2.07. The predicted molar refractivity (Wildman–Crippen MR) is 95.9 cm³/mol. The van der Waals surface area contributed by atoms with E-state index in [1.165, 1.54) is 0 Å². The molecule has 2 N–H and O–H groups in total. The van der Waals surface area contributed by atoms with Crippen LogP contribution in [0.3, 0.4) is 0 Å². The molecule has 6 nitrogen and oxygen atoms in total. The number of carbonyl (C=O) groups excluding carboxylic acids is 1. The van der Waals surface area contributed by atoms with Crippen LogP contribution in [0, 0.1) is 11.3 Å². The van der Waals surface area contributed by atoms with Crippen molar-refractivity contribution in [2.24, 2.45) is 0 Å². The Balaban J connectivity index is 1.67. The van der Waals surface area contributed by atoms with Gasteiger partial charge in [-0.05, 0) is 48.5 Å². The fraction of sp³-hybridized carbons (Fsp3) is 0. The molecule has 1 amide bonds. The molecule has 1 heterocycles. The first-order valence-electron chi connectivity index (χ1n) is 7.32. The highest BCUT2D eigenvalue weighted by atomic mass is 35.5. The number of rotatable bonds is 4. The Kier molecular flexibility index (Phi) is 4.88. The van der Waals surface area contributed by atoms with E-state index in [2.05, 4.69) is 26.9 Å². The molecule has 0 saturated heterocycles. The Morgan fingerprint density at radius 3 is 2.28 bits per heavy atom. The van der Waals surface area contributed by atoms with Gasteiger partial charge in [-0.2, -0.15) is 5.26 Å². The summed E-state index contributed by atoms with van der Waals surface area (Å²) in [6.07, 6.45) is 0. The van der Waals surface area contributed by atoms with Gasteiger partial charge in [0.25, 0.3) is 5.91 Å². The number of amides is 1. The number of nitrogens with one attached hydrogen (secondary N) is 2. The first kappa shape index (κ1) is 16.4. The van der Waals surface area contributed by atoms with Crippen LogP contribution < -0.4 is 10.6 Å². The molecule has 0 aliphatic rings. The van der Waals surface area contributed by atoms with Gasteiger partial charge >= 0.3 is 0 Å². The van der Waals surface area contributed by atoms with Gasteiger partial charge in [0.05, 0.1) is 22.2 Å². The van der Waals surface area contributed by atoms with Crippen LogP contribution in [-0.2, 0) is 0 Å². The number of nitriles is 1. The summed E-state index contributed by atoms with van der Waals surface area (Å²) in [5.74, 6) is 0.475. The number of carbonyl (C=O) groups is 1. The third-order valence-corrected chi connectivity index (χ3v) is 3.64. The van der Waals surface area contributed by atoms with Crippen LogP contribution in [0.15, 0.2) is 60.7 Å². The van der Waals surface area contributed by atoms with Crippen LogP contribution in [0.4, 0.5) is 17.3 Å². The Morgan fingerprint density at radius 1 is 0.960 bits per heavy atom. The molecule has 0 spiro atoms. The van der Waals surface area contributed by atoms with Crippen LogP contribution in [0.2, 0.25) is 5.02 Å². The molecule has 122 valence electrons. The average molecular weight is 350 g/mol. The summed E-state index contributed by atoms with van der Waals surface area (Å²) in [7, 11) is 0. The van der Waals surface area contributed by atoms with Gasteiger partial charge in [0.1, 0.15) is 0 Å². The molecule has 0 atom stereocenters. The third kappa shape index (κ3) is 4.10. The number of nitrogens with zero attached hydrogens (tertiary/aromatic N) is 3. The van der Waals surface area contributed by atoms with Crippen LogP contribution in [0.25, 0.3) is 0 Å². The second-order valence-electron chi connectivity index (χ2n) is 5.05. The maximum atomic E-state index is 12.2. The SMILES string of the molecule is N#Cc1ccc(Nc2ccc(NC(=O)c3ccccc3Cl)nn2)cc1. The standard InChI is InChI=1S/C18H12ClN5O/c19-15-4-2-1-3-14(15)18(25)22-17-10-9-16(23-24-17)21-13-7-5-12(11-20)6-8-13/h1-10H,(H,21,23)(H,22,24,25). The van der Waals surface area contributed by atoms with E-state index in [1.54, 1.807) is 60.7 Å². The van der Waals surface area contributed by atoms with Crippen molar-refractivity contribution in [1.82, 2.24) is 10.2 Å². The van der Waals surface area contributed by atoms with Crippen molar-refractivity contribution < 1.29 is 4.79 Å². The largest absolute Gasteiger partial charge is 0.339 e. The second kappa shape index (κ2) is 7.43. The van der Waals surface area contributed by atoms with E-state index < -0.39 is 0 Å². The lowest BCUT2D eigenvalue weighted by atomic mass is 10.2. The zero-order valence-electron chi connectivity index (χ0n) is 12.9. The van der Waals surface area contributed by atoms with Gasteiger partial charge in [-0.3, -0.25) is 4.79 Å². The van der Waals surface area contributed by atoms with E-state index in [9.17, 15) is 4.79 Å². The minimum atomic E-state index is -0.354. The molecule has 0 saturated carbocycles. The first-order chi connectivity index (χ1) is 12.2. The molecule has 2 aromatic carbocycles. The highest BCUT2D eigenvalue weighted by molar-refractivity contribution is 6.34. The van der Waals surface area contributed by atoms with E-state index in [4.69, 9.17) is 16.9 Å². The van der Waals surface area contributed by atoms with Gasteiger partial charge in [-0.1, -0.05) is 23.7 Å². The van der Waals surface area contributed by atoms with E-state index in [-0.39, 0.29) is 5.91 Å². The summed E-state index contributed by atoms with van der Waals surface area (Å²) in [4.78, 5) is 12.2. The van der Waals surface area contributed by atoms with Crippen molar-refractivity contribution in [3.8, 4) is 6.07 Å². The van der Waals surface area contributed by atoms with Gasteiger partial charge in [-0.15, -0.1) is 10.2 Å². The Labute approximate surface area is 149 Å². The normalized spacial score (nSPS) is 9.92. The average Bonchev–Trinajstić information content (AvgIpc) is 2.64. The minimum absolute atomic E-state index is 0.315. The number of hydrogen-bond acceptors (Lipinski definition) is 5. The third-order valence-electron chi connectivity index (χ3n) is 3.31. The zero-order chi connectivity index (χ0) is 17.6. The monoisotopic (exact) mass is 349 g/mol. The maximum Gasteiger partial charge on any atom is 0.258 e. The Hall–Kier alpha value is -3.43. The smallest absolute Gasteiger partial charge is 0.258 e. The molecular weight excluding hydrogens is 338 g/mol. The molecule has 3 rings (SSSR count). The second-order valence-corrected chi connectivity index (χ2v) is 5.46. The molecule has 0 radical (unpaired) electrons. The molecule has 0 bridgehead atoms. The molecule has 0 fully saturated rings. The van der Waals surface area contributed by atoms with Gasteiger partial charge in [0.15, 0.2) is 11.6 Å². The molecule has 0 unspecified atom stereocenters. The summed E-state index contributed by atoms with van der Waals surface area (Å²) in [6, 6.07) is 19.1. The quantitative estimate of drug-likeness (QED) is 0.743. The summed E-state index contributed by atoms with van der Waals surface area (Å²) in [5, 5.41) is 22.8. The van der Waals surface area contributed by atoms with E-state index in [0.29, 0.717) is 27.8 Å². The molecule has 0 aliphatic carbocycles. The van der Waals surface area contributed by atoms with Gasteiger partial charge in [0, 0.05) is 5.69 Å². The number of benzene rings is 2. The van der Waals surface area contributed by atoms with Gasteiger partial charge in [-0.25, -0.2) is 0 Å². The van der Waals surface area contributed by atoms with Crippen LogP contribution in [0.1, 0.15) is 15.9 Å². The van der Waals surface area contributed by atoms with Crippen LogP contribution in [0.5, 0.6) is 0 Å². The molecule has 25 heavy (non-hydrogen) atoms. The predicted octanol–water partition coefficient (Wildman–Crippen LogP) is 4.00. The summed E-state index contributed by atoms with van der Waals surface area (Å²) in [6.45, 7) is 0. The summed E-state index contributed by atoms with van der Waals surface area (Å²) < 4.78 is 0. The fourth-order valence-corrected chi connectivity index (χ4v) is 2.29. The lowest BCUT2D eigenvalue weighted by molar-refractivity contribution is 0.102. The van der Waals surface area contributed by atoms with Crippen molar-refractivity contribution >= 4 is 34.8 Å². The molecule has 7 heteroatoms. The van der Waals surface area contributed by atoms with Crippen molar-refractivity contribution in [2.75, 3.05) is 10.6 Å². The highest BCUT2D eigenvalue weighted by Crippen LogP contribution is 2.18. The van der Waals surface area contributed by atoms with Gasteiger partial charge in [0.2, 0.25) is 0 Å². The van der Waals surface area contributed by atoms with Crippen molar-refractivity contribution in [1.29, 1.82) is 5.26 Å². The summed E-state index contributed by atoms with van der Waals surface area (Å²) >= 11 is 6.00. The number of anilines is 3. The minimum Gasteiger partial charge on any atom is -0.339 e. The van der Waals surface area contributed by atoms with Crippen molar-refractivity contribution in [3.05, 3.63) is 76.8 Å². The first-order valence-corrected chi connectivity index (χ1v) is 7.70. The maximum absolute atomic E-state index is 12.2. The number of halogens is 1. The molecule has 0 aliphatic heterocycles. The van der Waals surface area contributed by atoms with E-state index in [1.807, 2.05) is 0 Å². The Morgan fingerprint density at radius 2 is 1.64 bits per heavy atom. The topological polar surface area (TPSA) is 90.7 Å². The molecule has 3 aromatic rings. The molecular formula is C18H12ClN5O. The summed E-state index contributed by atoms with van der Waals surface area (Å²) in [5.41, 5.74) is 1.72. The van der Waals surface area contributed by atoms with Gasteiger partial charge < -0.3 is 10.6 Å². The zero-order valence-corrected chi connectivity index (χ0v) is 13.7. The number of aromatic nitrogens is 2. The lowest BCUT2D eigenvalue weighted by Crippen LogP contribution is -2.14. The Bertz CT molecular complexity index is 933. The highest BCUT2D eigenvalue weighted by Gasteiger charge is 2.10. The van der Waals surface area contributed by atoms with Crippen LogP contribution >= 0.6 is 11.6 Å². The number of hydrogen-bond donors (Lipinski definition) is 2. The van der Waals surface area contributed by atoms with E-state index in [0.717, 1.165) is 5.69 Å². The van der Waals surface area contributed by atoms with Crippen molar-refractivity contribution in [3.63, 3.8) is 0 Å². The van der Waals surface area contributed by atoms with E-state index >= 15 is 0 Å². The molecule has 1 aromatic heterocycles. The van der Waals surface area contributed by atoms with Crippen LogP contribution in [-0.4, -0.2) is 16.1 Å². The fourth-order valence-electron chi connectivity index (χ4n) is 2.07. The van der Waals surface area contributed by atoms with Crippen molar-refractivity contribution in [2.45, 2.75) is 0 Å².